The van der Waals surface area contributed by atoms with E-state index >= 15 is 0 Å². The second-order valence-electron chi connectivity index (χ2n) is 3.79. The first-order chi connectivity index (χ1) is 8.47. The van der Waals surface area contributed by atoms with Gasteiger partial charge in [0.2, 0.25) is 0 Å². The lowest BCUT2D eigenvalue weighted by molar-refractivity contribution is 0.601. The number of nitrogens with one attached hydrogen (secondary N) is 1. The zero-order valence-corrected chi connectivity index (χ0v) is 12.0. The number of halogens is 1. The lowest BCUT2D eigenvalue weighted by atomic mass is 10.2. The fourth-order valence-electron chi connectivity index (χ4n) is 1.37. The van der Waals surface area contributed by atoms with E-state index < -0.39 is 10.0 Å². The molecule has 1 aromatic heterocycles. The summed E-state index contributed by atoms with van der Waals surface area (Å²) in [6, 6.07) is 9.98. The summed E-state index contributed by atoms with van der Waals surface area (Å²) >= 11 is 3.19. The van der Waals surface area contributed by atoms with Crippen LogP contribution in [0.4, 0.5) is 5.69 Å². The van der Waals surface area contributed by atoms with Crippen LogP contribution in [0.5, 0.6) is 0 Å². The van der Waals surface area contributed by atoms with E-state index in [0.29, 0.717) is 10.3 Å². The minimum Gasteiger partial charge on any atom is -0.278 e. The number of aryl methyl sites for hydroxylation is 1. The summed E-state index contributed by atoms with van der Waals surface area (Å²) in [5.41, 5.74) is 1.44. The normalized spacial score (nSPS) is 11.2. The SMILES string of the molecule is Cc1ccc(S(=O)(=O)Nc2ccc(Br)nc2)cc1. The third kappa shape index (κ3) is 3.08. The predicted molar refractivity (Wildman–Crippen MR) is 73.9 cm³/mol. The van der Waals surface area contributed by atoms with Crippen molar-refractivity contribution in [2.24, 2.45) is 0 Å². The van der Waals surface area contributed by atoms with Gasteiger partial charge in [-0.05, 0) is 47.1 Å². The van der Waals surface area contributed by atoms with Crippen LogP contribution in [0, 0.1) is 6.92 Å². The summed E-state index contributed by atoms with van der Waals surface area (Å²) in [6.45, 7) is 1.91. The molecule has 1 aromatic carbocycles. The van der Waals surface area contributed by atoms with Crippen molar-refractivity contribution in [2.75, 3.05) is 4.72 Å². The molecule has 94 valence electrons. The molecule has 0 amide bonds. The number of nitrogens with zero attached hydrogens (tertiary/aromatic N) is 1. The molecule has 2 aromatic rings. The van der Waals surface area contributed by atoms with Gasteiger partial charge in [0.05, 0.1) is 16.8 Å². The highest BCUT2D eigenvalue weighted by molar-refractivity contribution is 9.10. The molecule has 4 nitrogen and oxygen atoms in total. The van der Waals surface area contributed by atoms with E-state index in [-0.39, 0.29) is 4.90 Å². The van der Waals surface area contributed by atoms with Crippen molar-refractivity contribution in [3.05, 3.63) is 52.8 Å². The molecule has 0 radical (unpaired) electrons. The Hall–Kier alpha value is -1.40. The van der Waals surface area contributed by atoms with Gasteiger partial charge in [-0.25, -0.2) is 13.4 Å². The van der Waals surface area contributed by atoms with Gasteiger partial charge in [0.15, 0.2) is 0 Å². The van der Waals surface area contributed by atoms with E-state index in [1.165, 1.54) is 6.20 Å². The van der Waals surface area contributed by atoms with Crippen LogP contribution in [0.15, 0.2) is 52.1 Å². The lowest BCUT2D eigenvalue weighted by Gasteiger charge is -2.07. The molecule has 0 bridgehead atoms. The highest BCUT2D eigenvalue weighted by Crippen LogP contribution is 2.17. The van der Waals surface area contributed by atoms with Crippen LogP contribution in [0.25, 0.3) is 0 Å². The second kappa shape index (κ2) is 5.07. The van der Waals surface area contributed by atoms with E-state index in [4.69, 9.17) is 0 Å². The molecule has 0 aliphatic heterocycles. The first-order valence-electron chi connectivity index (χ1n) is 5.18. The number of hydrogen-bond acceptors (Lipinski definition) is 3. The maximum atomic E-state index is 12.0. The first kappa shape index (κ1) is 13.0. The van der Waals surface area contributed by atoms with E-state index in [1.807, 2.05) is 6.92 Å². The highest BCUT2D eigenvalue weighted by atomic mass is 79.9. The van der Waals surface area contributed by atoms with Crippen LogP contribution in [-0.2, 0) is 10.0 Å². The molecule has 0 fully saturated rings. The van der Waals surface area contributed by atoms with Crippen LogP contribution in [0.2, 0.25) is 0 Å². The summed E-state index contributed by atoms with van der Waals surface area (Å²) in [6.07, 6.45) is 1.45. The van der Waals surface area contributed by atoms with Crippen molar-refractivity contribution in [3.8, 4) is 0 Å². The smallest absolute Gasteiger partial charge is 0.261 e. The van der Waals surface area contributed by atoms with Crippen LogP contribution in [0.1, 0.15) is 5.56 Å². The summed E-state index contributed by atoms with van der Waals surface area (Å²) in [5, 5.41) is 0. The summed E-state index contributed by atoms with van der Waals surface area (Å²) in [4.78, 5) is 4.19. The Morgan fingerprint density at radius 1 is 1.11 bits per heavy atom. The molecule has 1 N–H and O–H groups in total. The maximum absolute atomic E-state index is 12.0. The van der Waals surface area contributed by atoms with Crippen molar-refractivity contribution in [3.63, 3.8) is 0 Å². The average Bonchev–Trinajstić information content (AvgIpc) is 2.32. The van der Waals surface area contributed by atoms with Gasteiger partial charge < -0.3 is 0 Å². The van der Waals surface area contributed by atoms with Crippen LogP contribution >= 0.6 is 15.9 Å². The van der Waals surface area contributed by atoms with Crippen molar-refractivity contribution in [2.45, 2.75) is 11.8 Å². The molecule has 0 aliphatic carbocycles. The Bertz CT molecular complexity index is 637. The molecule has 0 aliphatic rings. The number of anilines is 1. The third-order valence-electron chi connectivity index (χ3n) is 2.31. The van der Waals surface area contributed by atoms with Crippen molar-refractivity contribution in [1.29, 1.82) is 0 Å². The first-order valence-corrected chi connectivity index (χ1v) is 7.46. The van der Waals surface area contributed by atoms with Gasteiger partial charge in [0.25, 0.3) is 10.0 Å². The van der Waals surface area contributed by atoms with E-state index in [9.17, 15) is 8.42 Å². The Balaban J connectivity index is 2.27. The molecule has 6 heteroatoms. The van der Waals surface area contributed by atoms with Crippen molar-refractivity contribution < 1.29 is 8.42 Å². The number of aromatic nitrogens is 1. The van der Waals surface area contributed by atoms with Crippen LogP contribution < -0.4 is 4.72 Å². The monoisotopic (exact) mass is 326 g/mol. The molecular weight excluding hydrogens is 316 g/mol. The van der Waals surface area contributed by atoms with Gasteiger partial charge in [-0.2, -0.15) is 0 Å². The molecule has 0 atom stereocenters. The highest BCUT2D eigenvalue weighted by Gasteiger charge is 2.13. The minimum absolute atomic E-state index is 0.232. The zero-order valence-electron chi connectivity index (χ0n) is 9.59. The Kier molecular flexibility index (Phi) is 3.68. The molecule has 0 spiro atoms. The number of benzene rings is 1. The third-order valence-corrected chi connectivity index (χ3v) is 4.18. The maximum Gasteiger partial charge on any atom is 0.261 e. The van der Waals surface area contributed by atoms with Gasteiger partial charge in [0.1, 0.15) is 4.60 Å². The second-order valence-corrected chi connectivity index (χ2v) is 6.28. The molecule has 1 heterocycles. The number of rotatable bonds is 3. The van der Waals surface area contributed by atoms with Crippen molar-refractivity contribution in [1.82, 2.24) is 4.98 Å². The molecule has 2 rings (SSSR count). The van der Waals surface area contributed by atoms with E-state index in [2.05, 4.69) is 25.6 Å². The van der Waals surface area contributed by atoms with Gasteiger partial charge in [-0.15, -0.1) is 0 Å². The summed E-state index contributed by atoms with van der Waals surface area (Å²) in [5.74, 6) is 0. The quantitative estimate of drug-likeness (QED) is 0.882. The van der Waals surface area contributed by atoms with Crippen LogP contribution in [-0.4, -0.2) is 13.4 Å². The van der Waals surface area contributed by atoms with Gasteiger partial charge in [0, 0.05) is 0 Å². The molecule has 0 saturated heterocycles. The zero-order chi connectivity index (χ0) is 13.2. The van der Waals surface area contributed by atoms with Gasteiger partial charge in [-0.1, -0.05) is 17.7 Å². The predicted octanol–water partition coefficient (Wildman–Crippen LogP) is 2.95. The Morgan fingerprint density at radius 2 is 1.78 bits per heavy atom. The standard InChI is InChI=1S/C12H11BrN2O2S/c1-9-2-5-11(6-3-9)18(16,17)15-10-4-7-12(13)14-8-10/h2-8,15H,1H3. The molecule has 0 saturated carbocycles. The average molecular weight is 327 g/mol. The van der Waals surface area contributed by atoms with E-state index in [0.717, 1.165) is 5.56 Å². The molecule has 0 unspecified atom stereocenters. The van der Waals surface area contributed by atoms with Gasteiger partial charge >= 0.3 is 0 Å². The number of hydrogen-bond donors (Lipinski definition) is 1. The minimum atomic E-state index is -3.55. The van der Waals surface area contributed by atoms with Crippen LogP contribution in [0.3, 0.4) is 0 Å². The van der Waals surface area contributed by atoms with Gasteiger partial charge in [-0.3, -0.25) is 4.72 Å². The fourth-order valence-corrected chi connectivity index (χ4v) is 2.65. The van der Waals surface area contributed by atoms with Crippen molar-refractivity contribution >= 4 is 31.6 Å². The molecule has 18 heavy (non-hydrogen) atoms. The lowest BCUT2D eigenvalue weighted by Crippen LogP contribution is -2.12. The van der Waals surface area contributed by atoms with E-state index in [1.54, 1.807) is 36.4 Å². The topological polar surface area (TPSA) is 59.1 Å². The Morgan fingerprint density at radius 3 is 2.33 bits per heavy atom. The summed E-state index contributed by atoms with van der Waals surface area (Å²) < 4.78 is 27.2. The summed E-state index contributed by atoms with van der Waals surface area (Å²) in [7, 11) is -3.55. The Labute approximate surface area is 114 Å². The number of sulfonamides is 1. The number of pyridine rings is 1. The largest absolute Gasteiger partial charge is 0.278 e. The fraction of sp³-hybridized carbons (Fsp3) is 0.0833. The molecular formula is C12H11BrN2O2S.